The Hall–Kier alpha value is -1.86. The van der Waals surface area contributed by atoms with E-state index >= 15 is 0 Å². The number of nitrogens with one attached hydrogen (secondary N) is 1. The molecular weight excluding hydrogens is 402 g/mol. The van der Waals surface area contributed by atoms with Crippen LogP contribution in [-0.2, 0) is 6.18 Å². The Morgan fingerprint density at radius 3 is 2.57 bits per heavy atom. The SMILES string of the molecule is CSc1nc(-c2cc(Br)cc(C(F)(F)F)c2F)c(C#N)c(=O)[nH]1. The van der Waals surface area contributed by atoms with Crippen molar-refractivity contribution in [2.45, 2.75) is 11.3 Å². The lowest BCUT2D eigenvalue weighted by molar-refractivity contribution is -0.139. The van der Waals surface area contributed by atoms with Gasteiger partial charge < -0.3 is 4.98 Å². The average Bonchev–Trinajstić information content (AvgIpc) is 2.47. The Morgan fingerprint density at radius 1 is 1.39 bits per heavy atom. The van der Waals surface area contributed by atoms with Gasteiger partial charge in [-0.05, 0) is 18.4 Å². The smallest absolute Gasteiger partial charge is 0.300 e. The van der Waals surface area contributed by atoms with Crippen LogP contribution >= 0.6 is 27.7 Å². The van der Waals surface area contributed by atoms with Crippen molar-refractivity contribution in [2.75, 3.05) is 6.26 Å². The van der Waals surface area contributed by atoms with Crippen molar-refractivity contribution >= 4 is 27.7 Å². The highest BCUT2D eigenvalue weighted by Crippen LogP contribution is 2.38. The van der Waals surface area contributed by atoms with Crippen LogP contribution in [0.4, 0.5) is 17.6 Å². The lowest BCUT2D eigenvalue weighted by atomic mass is 10.0. The van der Waals surface area contributed by atoms with E-state index in [9.17, 15) is 22.4 Å². The molecule has 1 heterocycles. The molecule has 2 aromatic rings. The highest BCUT2D eigenvalue weighted by molar-refractivity contribution is 9.10. The van der Waals surface area contributed by atoms with Crippen LogP contribution < -0.4 is 5.56 Å². The molecule has 0 fully saturated rings. The first-order valence-corrected chi connectivity index (χ1v) is 7.85. The predicted octanol–water partition coefficient (Wildman–Crippen LogP) is 3.95. The third-order valence-corrected chi connectivity index (χ3v) is 3.84. The minimum atomic E-state index is -4.93. The number of thioether (sulfide) groups is 1. The number of benzene rings is 1. The van der Waals surface area contributed by atoms with Crippen molar-refractivity contribution in [2.24, 2.45) is 0 Å². The van der Waals surface area contributed by atoms with E-state index in [0.29, 0.717) is 6.07 Å². The molecule has 0 aliphatic carbocycles. The molecule has 4 nitrogen and oxygen atoms in total. The summed E-state index contributed by atoms with van der Waals surface area (Å²) in [6.45, 7) is 0. The van der Waals surface area contributed by atoms with Gasteiger partial charge in [0, 0.05) is 10.0 Å². The molecule has 0 atom stereocenters. The molecule has 1 aromatic heterocycles. The number of halogens is 5. The van der Waals surface area contributed by atoms with Crippen LogP contribution in [0.25, 0.3) is 11.3 Å². The topological polar surface area (TPSA) is 69.5 Å². The fourth-order valence-corrected chi connectivity index (χ4v) is 2.65. The van der Waals surface area contributed by atoms with Gasteiger partial charge in [0.05, 0.1) is 11.3 Å². The maximum absolute atomic E-state index is 14.3. The highest BCUT2D eigenvalue weighted by Gasteiger charge is 2.36. The second-order valence-corrected chi connectivity index (χ2v) is 5.93. The number of H-pyrrole nitrogens is 1. The Bertz CT molecular complexity index is 873. The van der Waals surface area contributed by atoms with Crippen molar-refractivity contribution in [3.05, 3.63) is 43.9 Å². The molecule has 120 valence electrons. The fourth-order valence-electron chi connectivity index (χ4n) is 1.82. The molecule has 1 N–H and O–H groups in total. The van der Waals surface area contributed by atoms with Gasteiger partial charge in [0.1, 0.15) is 17.4 Å². The Labute approximate surface area is 139 Å². The zero-order valence-corrected chi connectivity index (χ0v) is 13.7. The molecule has 0 radical (unpaired) electrons. The van der Waals surface area contributed by atoms with E-state index in [1.54, 1.807) is 6.26 Å². The summed E-state index contributed by atoms with van der Waals surface area (Å²) >= 11 is 3.87. The van der Waals surface area contributed by atoms with Gasteiger partial charge in [-0.3, -0.25) is 4.79 Å². The van der Waals surface area contributed by atoms with Crippen molar-refractivity contribution in [3.63, 3.8) is 0 Å². The fraction of sp³-hybridized carbons (Fsp3) is 0.154. The third kappa shape index (κ3) is 3.40. The first-order valence-electron chi connectivity index (χ1n) is 5.84. The number of aromatic amines is 1. The quantitative estimate of drug-likeness (QED) is 0.464. The summed E-state index contributed by atoms with van der Waals surface area (Å²) in [5.74, 6) is -1.60. The van der Waals surface area contributed by atoms with Crippen molar-refractivity contribution in [1.29, 1.82) is 5.26 Å². The monoisotopic (exact) mass is 407 g/mol. The first kappa shape index (κ1) is 17.5. The average molecular weight is 408 g/mol. The third-order valence-electron chi connectivity index (χ3n) is 2.80. The van der Waals surface area contributed by atoms with Crippen molar-refractivity contribution in [1.82, 2.24) is 9.97 Å². The van der Waals surface area contributed by atoms with Crippen LogP contribution in [-0.4, -0.2) is 16.2 Å². The van der Waals surface area contributed by atoms with Gasteiger partial charge in [0.2, 0.25) is 0 Å². The molecule has 0 bridgehead atoms. The zero-order valence-electron chi connectivity index (χ0n) is 11.3. The van der Waals surface area contributed by atoms with E-state index in [0.717, 1.165) is 17.8 Å². The van der Waals surface area contributed by atoms with Crippen LogP contribution in [0.3, 0.4) is 0 Å². The molecule has 0 saturated heterocycles. The largest absolute Gasteiger partial charge is 0.419 e. The van der Waals surface area contributed by atoms with Gasteiger partial charge in [-0.25, -0.2) is 9.37 Å². The molecular formula is C13H6BrF4N3OS. The number of hydrogen-bond donors (Lipinski definition) is 1. The second kappa shape index (κ2) is 6.33. The van der Waals surface area contributed by atoms with Crippen LogP contribution in [0, 0.1) is 17.1 Å². The summed E-state index contributed by atoms with van der Waals surface area (Å²) in [5, 5.41) is 9.09. The van der Waals surface area contributed by atoms with E-state index in [4.69, 9.17) is 5.26 Å². The predicted molar refractivity (Wildman–Crippen MR) is 79.4 cm³/mol. The normalized spacial score (nSPS) is 11.3. The van der Waals surface area contributed by atoms with Gasteiger partial charge in [0.15, 0.2) is 5.16 Å². The molecule has 0 spiro atoms. The zero-order chi connectivity index (χ0) is 17.4. The number of nitriles is 1. The Balaban J connectivity index is 2.88. The Morgan fingerprint density at radius 2 is 2.04 bits per heavy atom. The number of nitrogens with zero attached hydrogens (tertiary/aromatic N) is 2. The summed E-state index contributed by atoms with van der Waals surface area (Å²) in [7, 11) is 0. The van der Waals surface area contributed by atoms with Crippen LogP contribution in [0.15, 0.2) is 26.6 Å². The maximum Gasteiger partial charge on any atom is 0.419 e. The highest BCUT2D eigenvalue weighted by atomic mass is 79.9. The first-order chi connectivity index (χ1) is 10.7. The summed E-state index contributed by atoms with van der Waals surface area (Å²) in [5.41, 5.74) is -3.95. The van der Waals surface area contributed by atoms with E-state index < -0.39 is 39.9 Å². The molecule has 0 amide bonds. The van der Waals surface area contributed by atoms with Gasteiger partial charge in [-0.2, -0.15) is 18.4 Å². The minimum Gasteiger partial charge on any atom is -0.300 e. The summed E-state index contributed by atoms with van der Waals surface area (Å²) in [4.78, 5) is 18.0. The molecule has 1 aromatic carbocycles. The molecule has 2 rings (SSSR count). The molecule has 0 aliphatic rings. The van der Waals surface area contributed by atoms with Crippen LogP contribution in [0.2, 0.25) is 0 Å². The van der Waals surface area contributed by atoms with Gasteiger partial charge >= 0.3 is 6.18 Å². The van der Waals surface area contributed by atoms with E-state index in [2.05, 4.69) is 25.9 Å². The van der Waals surface area contributed by atoms with Gasteiger partial charge in [0.25, 0.3) is 5.56 Å². The van der Waals surface area contributed by atoms with Crippen molar-refractivity contribution < 1.29 is 17.6 Å². The van der Waals surface area contributed by atoms with E-state index in [1.165, 1.54) is 6.07 Å². The van der Waals surface area contributed by atoms with E-state index in [-0.39, 0.29) is 9.63 Å². The van der Waals surface area contributed by atoms with Crippen molar-refractivity contribution in [3.8, 4) is 17.3 Å². The molecule has 0 aliphatic heterocycles. The lowest BCUT2D eigenvalue weighted by Gasteiger charge is -2.13. The summed E-state index contributed by atoms with van der Waals surface area (Å²) < 4.78 is 53.0. The molecule has 0 unspecified atom stereocenters. The molecule has 23 heavy (non-hydrogen) atoms. The van der Waals surface area contributed by atoms with Crippen LogP contribution in [0.1, 0.15) is 11.1 Å². The second-order valence-electron chi connectivity index (χ2n) is 4.22. The molecule has 10 heteroatoms. The standard InChI is InChI=1S/C13H6BrF4N3OS/c1-23-12-20-10(7(4-19)11(22)21-12)6-2-5(14)3-8(9(6)15)13(16,17)18/h2-3H,1H3,(H,20,21,22). The molecule has 0 saturated carbocycles. The number of hydrogen-bond acceptors (Lipinski definition) is 4. The van der Waals surface area contributed by atoms with Crippen LogP contribution in [0.5, 0.6) is 0 Å². The number of alkyl halides is 3. The summed E-state index contributed by atoms with van der Waals surface area (Å²) in [6.07, 6.45) is -3.37. The Kier molecular flexibility index (Phi) is 4.81. The lowest BCUT2D eigenvalue weighted by Crippen LogP contribution is -2.16. The maximum atomic E-state index is 14.3. The van der Waals surface area contributed by atoms with Gasteiger partial charge in [-0.1, -0.05) is 27.7 Å². The number of rotatable bonds is 2. The minimum absolute atomic E-state index is 0.0527. The number of aromatic nitrogens is 2. The van der Waals surface area contributed by atoms with E-state index in [1.807, 2.05) is 0 Å². The van der Waals surface area contributed by atoms with Gasteiger partial charge in [-0.15, -0.1) is 0 Å². The summed E-state index contributed by atoms with van der Waals surface area (Å²) in [6, 6.07) is 3.16.